The van der Waals surface area contributed by atoms with Crippen LogP contribution in [0.25, 0.3) is 0 Å². The van der Waals surface area contributed by atoms with Gasteiger partial charge in [0.1, 0.15) is 17.4 Å². The monoisotopic (exact) mass is 301 g/mol. The standard InChI is InChI=1S/C16H16ClN3O/c1-9(2)13-6-15(10(3)4-14(13)17)21-16-11(7-18)5-12(19)8-20-16/h4-6,8-9H,19H2,1-3H3. The second-order valence-corrected chi connectivity index (χ2v) is 5.54. The molecule has 0 atom stereocenters. The molecule has 0 radical (unpaired) electrons. The Labute approximate surface area is 129 Å². The van der Waals surface area contributed by atoms with Crippen LogP contribution < -0.4 is 10.5 Å². The SMILES string of the molecule is Cc1cc(Cl)c(C(C)C)cc1Oc1ncc(N)cc1C#N. The number of aromatic nitrogens is 1. The molecule has 1 aromatic carbocycles. The van der Waals surface area contributed by atoms with E-state index in [0.29, 0.717) is 22.0 Å². The number of nitrogens with two attached hydrogens (primary N) is 1. The largest absolute Gasteiger partial charge is 0.437 e. The van der Waals surface area contributed by atoms with Crippen LogP contribution in [-0.4, -0.2) is 4.98 Å². The minimum atomic E-state index is 0.242. The molecule has 0 saturated heterocycles. The zero-order valence-electron chi connectivity index (χ0n) is 12.1. The van der Waals surface area contributed by atoms with Gasteiger partial charge >= 0.3 is 0 Å². The topological polar surface area (TPSA) is 71.9 Å². The quantitative estimate of drug-likeness (QED) is 0.911. The maximum absolute atomic E-state index is 9.13. The Kier molecular flexibility index (Phi) is 4.35. The number of benzene rings is 1. The highest BCUT2D eigenvalue weighted by Crippen LogP contribution is 2.34. The summed E-state index contributed by atoms with van der Waals surface area (Å²) in [5.74, 6) is 1.15. The summed E-state index contributed by atoms with van der Waals surface area (Å²) in [7, 11) is 0. The van der Waals surface area contributed by atoms with E-state index in [1.54, 1.807) is 0 Å². The highest BCUT2D eigenvalue weighted by Gasteiger charge is 2.13. The van der Waals surface area contributed by atoms with Gasteiger partial charge in [0.05, 0.1) is 11.9 Å². The highest BCUT2D eigenvalue weighted by atomic mass is 35.5. The minimum absolute atomic E-state index is 0.242. The van der Waals surface area contributed by atoms with Crippen molar-refractivity contribution in [3.63, 3.8) is 0 Å². The number of hydrogen-bond acceptors (Lipinski definition) is 4. The summed E-state index contributed by atoms with van der Waals surface area (Å²) in [4.78, 5) is 4.08. The fraction of sp³-hybridized carbons (Fsp3) is 0.250. The maximum atomic E-state index is 9.13. The Hall–Kier alpha value is -2.25. The van der Waals surface area contributed by atoms with Crippen LogP contribution in [0.3, 0.4) is 0 Å². The molecule has 0 aliphatic heterocycles. The van der Waals surface area contributed by atoms with E-state index in [0.717, 1.165) is 11.1 Å². The summed E-state index contributed by atoms with van der Waals surface area (Å²) < 4.78 is 5.78. The molecule has 0 spiro atoms. The van der Waals surface area contributed by atoms with Crippen LogP contribution >= 0.6 is 11.6 Å². The molecule has 1 aromatic heterocycles. The summed E-state index contributed by atoms with van der Waals surface area (Å²) >= 11 is 6.24. The molecule has 0 aliphatic carbocycles. The van der Waals surface area contributed by atoms with E-state index in [9.17, 15) is 0 Å². The van der Waals surface area contributed by atoms with Gasteiger partial charge in [-0.15, -0.1) is 0 Å². The Morgan fingerprint density at radius 1 is 1.33 bits per heavy atom. The van der Waals surface area contributed by atoms with Crippen molar-refractivity contribution in [1.82, 2.24) is 4.98 Å². The second kappa shape index (κ2) is 6.02. The first-order valence-corrected chi connectivity index (χ1v) is 6.93. The van der Waals surface area contributed by atoms with E-state index >= 15 is 0 Å². The molecule has 2 N–H and O–H groups in total. The van der Waals surface area contributed by atoms with Gasteiger partial charge in [-0.2, -0.15) is 5.26 Å². The van der Waals surface area contributed by atoms with Crippen molar-refractivity contribution in [3.05, 3.63) is 46.1 Å². The lowest BCUT2D eigenvalue weighted by molar-refractivity contribution is 0.457. The number of aryl methyl sites for hydroxylation is 1. The fourth-order valence-electron chi connectivity index (χ4n) is 1.95. The molecule has 5 heteroatoms. The number of ether oxygens (including phenoxy) is 1. The summed E-state index contributed by atoms with van der Waals surface area (Å²) in [6, 6.07) is 7.32. The van der Waals surface area contributed by atoms with Crippen molar-refractivity contribution >= 4 is 17.3 Å². The molecule has 21 heavy (non-hydrogen) atoms. The highest BCUT2D eigenvalue weighted by molar-refractivity contribution is 6.31. The van der Waals surface area contributed by atoms with Crippen LogP contribution in [0.15, 0.2) is 24.4 Å². The second-order valence-electron chi connectivity index (χ2n) is 5.13. The van der Waals surface area contributed by atoms with Crippen molar-refractivity contribution in [1.29, 1.82) is 5.26 Å². The average Bonchev–Trinajstić information content (AvgIpc) is 2.42. The Bertz CT molecular complexity index is 720. The van der Waals surface area contributed by atoms with Gasteiger partial charge in [0.15, 0.2) is 0 Å². The van der Waals surface area contributed by atoms with Crippen LogP contribution in [0.2, 0.25) is 5.02 Å². The van der Waals surface area contributed by atoms with Gasteiger partial charge in [-0.3, -0.25) is 0 Å². The molecule has 4 nitrogen and oxygen atoms in total. The lowest BCUT2D eigenvalue weighted by Gasteiger charge is -2.14. The van der Waals surface area contributed by atoms with Gasteiger partial charge in [0.25, 0.3) is 0 Å². The molecule has 2 aromatic rings. The zero-order chi connectivity index (χ0) is 15.6. The Morgan fingerprint density at radius 2 is 2.05 bits per heavy atom. The minimum Gasteiger partial charge on any atom is -0.437 e. The molecule has 108 valence electrons. The fourth-order valence-corrected chi connectivity index (χ4v) is 2.39. The van der Waals surface area contributed by atoms with Gasteiger partial charge in [-0.05, 0) is 42.2 Å². The van der Waals surface area contributed by atoms with Crippen molar-refractivity contribution in [3.8, 4) is 17.7 Å². The summed E-state index contributed by atoms with van der Waals surface area (Å²) in [6.07, 6.45) is 1.46. The molecule has 2 rings (SSSR count). The molecule has 0 unspecified atom stereocenters. The first-order valence-electron chi connectivity index (χ1n) is 6.56. The molecule has 0 saturated carbocycles. The van der Waals surface area contributed by atoms with E-state index in [1.165, 1.54) is 12.3 Å². The lowest BCUT2D eigenvalue weighted by atomic mass is 10.0. The van der Waals surface area contributed by atoms with Crippen molar-refractivity contribution in [2.45, 2.75) is 26.7 Å². The van der Waals surface area contributed by atoms with Gasteiger partial charge in [-0.1, -0.05) is 25.4 Å². The van der Waals surface area contributed by atoms with Crippen LogP contribution in [0, 0.1) is 18.3 Å². The van der Waals surface area contributed by atoms with Crippen LogP contribution in [0.5, 0.6) is 11.6 Å². The number of nitrogens with zero attached hydrogens (tertiary/aromatic N) is 2. The van der Waals surface area contributed by atoms with Gasteiger partial charge < -0.3 is 10.5 Å². The number of rotatable bonds is 3. The van der Waals surface area contributed by atoms with Gasteiger partial charge in [0.2, 0.25) is 5.88 Å². The summed E-state index contributed by atoms with van der Waals surface area (Å²) in [5, 5.41) is 9.84. The number of nitrogen functional groups attached to an aromatic ring is 1. The lowest BCUT2D eigenvalue weighted by Crippen LogP contribution is -1.98. The number of hydrogen-bond donors (Lipinski definition) is 1. The zero-order valence-corrected chi connectivity index (χ0v) is 12.9. The maximum Gasteiger partial charge on any atom is 0.237 e. The molecule has 0 aliphatic rings. The Morgan fingerprint density at radius 3 is 2.67 bits per heavy atom. The number of nitriles is 1. The number of halogens is 1. The van der Waals surface area contributed by atoms with E-state index in [1.807, 2.05) is 25.1 Å². The molecule has 0 bridgehead atoms. The van der Waals surface area contributed by atoms with Gasteiger partial charge in [-0.25, -0.2) is 4.98 Å². The van der Waals surface area contributed by atoms with Crippen LogP contribution in [0.1, 0.15) is 36.5 Å². The van der Waals surface area contributed by atoms with E-state index in [4.69, 9.17) is 27.3 Å². The molecule has 0 amide bonds. The van der Waals surface area contributed by atoms with Crippen LogP contribution in [0.4, 0.5) is 5.69 Å². The van der Waals surface area contributed by atoms with E-state index < -0.39 is 0 Å². The van der Waals surface area contributed by atoms with Crippen molar-refractivity contribution in [2.24, 2.45) is 0 Å². The molecular weight excluding hydrogens is 286 g/mol. The van der Waals surface area contributed by atoms with Crippen molar-refractivity contribution < 1.29 is 4.74 Å². The average molecular weight is 302 g/mol. The summed E-state index contributed by atoms with van der Waals surface area (Å²) in [6.45, 7) is 6.01. The number of anilines is 1. The third-order valence-electron chi connectivity index (χ3n) is 3.12. The summed E-state index contributed by atoms with van der Waals surface area (Å²) in [5.41, 5.74) is 8.22. The first-order chi connectivity index (χ1) is 9.92. The Balaban J connectivity index is 2.45. The molecule has 0 fully saturated rings. The smallest absolute Gasteiger partial charge is 0.237 e. The number of pyridine rings is 1. The van der Waals surface area contributed by atoms with Crippen LogP contribution in [-0.2, 0) is 0 Å². The van der Waals surface area contributed by atoms with Gasteiger partial charge in [0, 0.05) is 5.02 Å². The third kappa shape index (κ3) is 3.26. The molecule has 1 heterocycles. The van der Waals surface area contributed by atoms with E-state index in [2.05, 4.69) is 18.8 Å². The van der Waals surface area contributed by atoms with Crippen molar-refractivity contribution in [2.75, 3.05) is 5.73 Å². The predicted octanol–water partition coefficient (Wildman–Crippen LogP) is 4.41. The first kappa shape index (κ1) is 15.1. The molecular formula is C16H16ClN3O. The normalized spacial score (nSPS) is 10.5. The predicted molar refractivity (Wildman–Crippen MR) is 83.7 cm³/mol. The van der Waals surface area contributed by atoms with E-state index in [-0.39, 0.29) is 11.8 Å². The third-order valence-corrected chi connectivity index (χ3v) is 3.44.